The van der Waals surface area contributed by atoms with Gasteiger partial charge in [-0.2, -0.15) is 0 Å². The molecule has 1 amide bonds. The number of amides is 1. The highest BCUT2D eigenvalue weighted by atomic mass is 79.9. The number of carbonyl (C=O) groups is 1. The molecule has 0 spiro atoms. The second-order valence-electron chi connectivity index (χ2n) is 6.39. The molecular formula is C20H19BrN4OS. The van der Waals surface area contributed by atoms with Crippen molar-refractivity contribution >= 4 is 33.6 Å². The molecule has 1 N–H and O–H groups in total. The molecule has 27 heavy (non-hydrogen) atoms. The quantitative estimate of drug-likeness (QED) is 0.633. The number of imidazole rings is 1. The molecule has 0 unspecified atom stereocenters. The van der Waals surface area contributed by atoms with Crippen LogP contribution in [-0.2, 0) is 19.5 Å². The largest absolute Gasteiger partial charge is 0.346 e. The zero-order valence-corrected chi connectivity index (χ0v) is 17.1. The van der Waals surface area contributed by atoms with Gasteiger partial charge in [0.25, 0.3) is 5.91 Å². The van der Waals surface area contributed by atoms with Gasteiger partial charge in [0.05, 0.1) is 17.8 Å². The lowest BCUT2D eigenvalue weighted by Crippen LogP contribution is -2.23. The Morgan fingerprint density at radius 1 is 1.22 bits per heavy atom. The summed E-state index contributed by atoms with van der Waals surface area (Å²) in [5.74, 6) is 1.03. The third-order valence-corrected chi connectivity index (χ3v) is 5.93. The molecule has 1 aliphatic rings. The Balaban J connectivity index is 1.45. The molecule has 7 heteroatoms. The van der Waals surface area contributed by atoms with Crippen molar-refractivity contribution in [3.63, 3.8) is 0 Å². The summed E-state index contributed by atoms with van der Waals surface area (Å²) in [6, 6.07) is 11.5. The standard InChI is InChI=1S/C20H19BrN4OS/c21-14-8-9-19(22-11-14)27-17-6-2-1-5-16(17)20(26)23-12-15-13-25-10-4-3-7-18(25)24-15/h1-2,5-6,8-9,11,13H,3-4,7,10,12H2,(H,23,26). The van der Waals surface area contributed by atoms with E-state index in [1.165, 1.54) is 24.6 Å². The van der Waals surface area contributed by atoms with E-state index in [1.807, 2.05) is 36.4 Å². The van der Waals surface area contributed by atoms with E-state index in [0.29, 0.717) is 12.1 Å². The van der Waals surface area contributed by atoms with Gasteiger partial charge in [-0.1, -0.05) is 23.9 Å². The van der Waals surface area contributed by atoms with Crippen LogP contribution in [0, 0.1) is 0 Å². The first-order valence-electron chi connectivity index (χ1n) is 8.90. The summed E-state index contributed by atoms with van der Waals surface area (Å²) in [6.45, 7) is 1.46. The molecular weight excluding hydrogens is 424 g/mol. The summed E-state index contributed by atoms with van der Waals surface area (Å²) in [7, 11) is 0. The summed E-state index contributed by atoms with van der Waals surface area (Å²) in [6.07, 6.45) is 7.22. The summed E-state index contributed by atoms with van der Waals surface area (Å²) >= 11 is 4.87. The van der Waals surface area contributed by atoms with Crippen molar-refractivity contribution in [2.45, 2.75) is 42.3 Å². The smallest absolute Gasteiger partial charge is 0.252 e. The van der Waals surface area contributed by atoms with Gasteiger partial charge in [0.1, 0.15) is 10.9 Å². The van der Waals surface area contributed by atoms with Gasteiger partial charge in [0, 0.05) is 34.7 Å². The van der Waals surface area contributed by atoms with Gasteiger partial charge in [-0.25, -0.2) is 9.97 Å². The number of fused-ring (bicyclic) bond motifs is 1. The number of hydrogen-bond donors (Lipinski definition) is 1. The fourth-order valence-corrected chi connectivity index (χ4v) is 4.22. The maximum atomic E-state index is 12.7. The summed E-state index contributed by atoms with van der Waals surface area (Å²) < 4.78 is 3.13. The Morgan fingerprint density at radius 3 is 2.93 bits per heavy atom. The SMILES string of the molecule is O=C(NCc1cn2c(n1)CCCC2)c1ccccc1Sc1ccc(Br)cn1. The van der Waals surface area contributed by atoms with E-state index in [4.69, 9.17) is 0 Å². The first kappa shape index (κ1) is 18.3. The van der Waals surface area contributed by atoms with E-state index in [9.17, 15) is 4.79 Å². The molecule has 0 bridgehead atoms. The molecule has 138 valence electrons. The second kappa shape index (κ2) is 8.27. The minimum absolute atomic E-state index is 0.0961. The zero-order chi connectivity index (χ0) is 18.6. The normalized spacial score (nSPS) is 13.2. The molecule has 3 aromatic rings. The fraction of sp³-hybridized carbons (Fsp3) is 0.250. The predicted molar refractivity (Wildman–Crippen MR) is 109 cm³/mol. The summed E-state index contributed by atoms with van der Waals surface area (Å²) in [4.78, 5) is 22.6. The highest BCUT2D eigenvalue weighted by Gasteiger charge is 2.15. The van der Waals surface area contributed by atoms with Gasteiger partial charge in [0.15, 0.2) is 0 Å². The van der Waals surface area contributed by atoms with Crippen molar-refractivity contribution in [2.24, 2.45) is 0 Å². The molecule has 5 nitrogen and oxygen atoms in total. The van der Waals surface area contributed by atoms with Crippen LogP contribution in [0.5, 0.6) is 0 Å². The van der Waals surface area contributed by atoms with Crippen LogP contribution in [0.1, 0.15) is 34.7 Å². The van der Waals surface area contributed by atoms with E-state index in [1.54, 1.807) is 6.20 Å². The van der Waals surface area contributed by atoms with Crippen LogP contribution < -0.4 is 5.32 Å². The molecule has 0 aliphatic carbocycles. The Hall–Kier alpha value is -2.12. The molecule has 0 radical (unpaired) electrons. The van der Waals surface area contributed by atoms with Crippen LogP contribution in [0.3, 0.4) is 0 Å². The number of hydrogen-bond acceptors (Lipinski definition) is 4. The molecule has 2 aromatic heterocycles. The van der Waals surface area contributed by atoms with E-state index >= 15 is 0 Å². The Labute approximate surface area is 170 Å². The van der Waals surface area contributed by atoms with Crippen LogP contribution in [0.15, 0.2) is 63.2 Å². The highest BCUT2D eigenvalue weighted by Crippen LogP contribution is 2.29. The average molecular weight is 443 g/mol. The van der Waals surface area contributed by atoms with Gasteiger partial charge in [-0.3, -0.25) is 4.79 Å². The number of rotatable bonds is 5. The number of aromatic nitrogens is 3. The Bertz CT molecular complexity index is 931. The number of halogens is 1. The van der Waals surface area contributed by atoms with E-state index in [-0.39, 0.29) is 5.91 Å². The van der Waals surface area contributed by atoms with Gasteiger partial charge in [-0.15, -0.1) is 0 Å². The lowest BCUT2D eigenvalue weighted by atomic mass is 10.2. The molecule has 3 heterocycles. The van der Waals surface area contributed by atoms with E-state index < -0.39 is 0 Å². The first-order valence-corrected chi connectivity index (χ1v) is 10.5. The zero-order valence-electron chi connectivity index (χ0n) is 14.7. The van der Waals surface area contributed by atoms with Crippen molar-refractivity contribution in [2.75, 3.05) is 0 Å². The number of aryl methyl sites for hydroxylation is 2. The average Bonchev–Trinajstić information content (AvgIpc) is 3.11. The van der Waals surface area contributed by atoms with Crippen molar-refractivity contribution in [3.05, 3.63) is 70.3 Å². The molecule has 1 aromatic carbocycles. The number of nitrogens with zero attached hydrogens (tertiary/aromatic N) is 3. The lowest BCUT2D eigenvalue weighted by molar-refractivity contribution is 0.0947. The molecule has 0 fully saturated rings. The number of pyridine rings is 1. The fourth-order valence-electron chi connectivity index (χ4n) is 3.10. The minimum Gasteiger partial charge on any atom is -0.346 e. The molecule has 0 saturated heterocycles. The van der Waals surface area contributed by atoms with Crippen LogP contribution in [-0.4, -0.2) is 20.4 Å². The van der Waals surface area contributed by atoms with Crippen LogP contribution >= 0.6 is 27.7 Å². The monoisotopic (exact) mass is 442 g/mol. The lowest BCUT2D eigenvalue weighted by Gasteiger charge is -2.11. The first-order chi connectivity index (χ1) is 13.2. The summed E-state index contributed by atoms with van der Waals surface area (Å²) in [5, 5.41) is 3.85. The number of benzene rings is 1. The number of nitrogens with one attached hydrogen (secondary N) is 1. The molecule has 4 rings (SSSR count). The summed E-state index contributed by atoms with van der Waals surface area (Å²) in [5.41, 5.74) is 1.57. The Kier molecular flexibility index (Phi) is 5.59. The van der Waals surface area contributed by atoms with Crippen LogP contribution in [0.2, 0.25) is 0 Å². The number of carbonyl (C=O) groups excluding carboxylic acids is 1. The van der Waals surface area contributed by atoms with Crippen LogP contribution in [0.25, 0.3) is 0 Å². The van der Waals surface area contributed by atoms with Gasteiger partial charge in [-0.05, 0) is 53.0 Å². The molecule has 0 atom stereocenters. The maximum absolute atomic E-state index is 12.7. The van der Waals surface area contributed by atoms with Crippen LogP contribution in [0.4, 0.5) is 0 Å². The molecule has 0 saturated carbocycles. The second-order valence-corrected chi connectivity index (χ2v) is 8.37. The molecule has 1 aliphatic heterocycles. The van der Waals surface area contributed by atoms with Crippen molar-refractivity contribution < 1.29 is 4.79 Å². The highest BCUT2D eigenvalue weighted by molar-refractivity contribution is 9.10. The van der Waals surface area contributed by atoms with Gasteiger partial charge >= 0.3 is 0 Å². The van der Waals surface area contributed by atoms with Crippen molar-refractivity contribution in [3.8, 4) is 0 Å². The topological polar surface area (TPSA) is 59.8 Å². The maximum Gasteiger partial charge on any atom is 0.252 e. The third kappa shape index (κ3) is 4.42. The van der Waals surface area contributed by atoms with Crippen molar-refractivity contribution in [1.82, 2.24) is 19.9 Å². The Morgan fingerprint density at radius 2 is 2.11 bits per heavy atom. The van der Waals surface area contributed by atoms with E-state index in [0.717, 1.165) is 38.9 Å². The van der Waals surface area contributed by atoms with Gasteiger partial charge < -0.3 is 9.88 Å². The van der Waals surface area contributed by atoms with Crippen molar-refractivity contribution in [1.29, 1.82) is 0 Å². The predicted octanol–water partition coefficient (Wildman–Crippen LogP) is 4.46. The third-order valence-electron chi connectivity index (χ3n) is 4.43. The van der Waals surface area contributed by atoms with E-state index in [2.05, 4.69) is 42.0 Å². The minimum atomic E-state index is -0.0961. The van der Waals surface area contributed by atoms with Gasteiger partial charge in [0.2, 0.25) is 0 Å².